The lowest BCUT2D eigenvalue weighted by atomic mass is 9.75. The maximum atomic E-state index is 13.6. The van der Waals surface area contributed by atoms with Gasteiger partial charge in [-0.3, -0.25) is 14.4 Å². The molecule has 0 heterocycles. The molecule has 2 atom stereocenters. The molecule has 1 amide bonds. The van der Waals surface area contributed by atoms with Gasteiger partial charge in [0.25, 0.3) is 0 Å². The van der Waals surface area contributed by atoms with E-state index < -0.39 is 31.3 Å². The molecule has 204 valence electrons. The van der Waals surface area contributed by atoms with Crippen molar-refractivity contribution < 1.29 is 28.7 Å². The first-order chi connectivity index (χ1) is 15.9. The zero-order valence-electron chi connectivity index (χ0n) is 23.7. The Labute approximate surface area is 214 Å². The van der Waals surface area contributed by atoms with E-state index in [1.807, 2.05) is 27.7 Å². The van der Waals surface area contributed by atoms with Gasteiger partial charge in [-0.15, -0.1) is 0 Å². The van der Waals surface area contributed by atoms with E-state index >= 15 is 0 Å². The summed E-state index contributed by atoms with van der Waals surface area (Å²) in [4.78, 5) is 38.1. The Hall–Kier alpha value is -1.41. The molecule has 0 bridgehead atoms. The molecule has 2 N–H and O–H groups in total. The van der Waals surface area contributed by atoms with Crippen molar-refractivity contribution >= 4 is 26.2 Å². The van der Waals surface area contributed by atoms with E-state index in [1.54, 1.807) is 0 Å². The second-order valence-corrected chi connectivity index (χ2v) is 17.7. The third kappa shape index (κ3) is 10.2. The molecule has 0 aromatic rings. The Morgan fingerprint density at radius 2 is 1.60 bits per heavy atom. The Bertz CT molecular complexity index is 716. The van der Waals surface area contributed by atoms with Gasteiger partial charge in [-0.05, 0) is 71.0 Å². The molecule has 1 fully saturated rings. The van der Waals surface area contributed by atoms with Gasteiger partial charge in [-0.25, -0.2) is 0 Å². The van der Waals surface area contributed by atoms with Crippen LogP contribution in [0.5, 0.6) is 0 Å². The van der Waals surface area contributed by atoms with Crippen molar-refractivity contribution in [3.05, 3.63) is 0 Å². The summed E-state index contributed by atoms with van der Waals surface area (Å²) >= 11 is 0. The van der Waals surface area contributed by atoms with Crippen molar-refractivity contribution in [2.24, 2.45) is 11.3 Å². The second-order valence-electron chi connectivity index (χ2n) is 12.9. The predicted molar refractivity (Wildman–Crippen MR) is 142 cm³/mol. The molecular formula is C27H51NO6Si. The highest BCUT2D eigenvalue weighted by atomic mass is 28.4. The van der Waals surface area contributed by atoms with Crippen LogP contribution in [0.15, 0.2) is 0 Å². The van der Waals surface area contributed by atoms with E-state index in [1.165, 1.54) is 0 Å². The highest BCUT2D eigenvalue weighted by molar-refractivity contribution is 6.74. The molecule has 0 aliphatic heterocycles. The van der Waals surface area contributed by atoms with Crippen molar-refractivity contribution in [1.29, 1.82) is 0 Å². The highest BCUT2D eigenvalue weighted by Gasteiger charge is 2.45. The summed E-state index contributed by atoms with van der Waals surface area (Å²) in [5, 5.41) is 12.6. The molecule has 1 saturated carbocycles. The fourth-order valence-electron chi connectivity index (χ4n) is 4.53. The minimum absolute atomic E-state index is 0.0579. The normalized spacial score (nSPS) is 18.1. The maximum absolute atomic E-state index is 13.6. The van der Waals surface area contributed by atoms with Crippen molar-refractivity contribution in [2.75, 3.05) is 6.61 Å². The Kier molecular flexibility index (Phi) is 11.5. The van der Waals surface area contributed by atoms with Crippen LogP contribution in [0.4, 0.5) is 0 Å². The summed E-state index contributed by atoms with van der Waals surface area (Å²) in [6.07, 6.45) is 5.53. The molecule has 0 spiro atoms. The number of aliphatic carboxylic acids is 1. The van der Waals surface area contributed by atoms with Gasteiger partial charge in [0, 0.05) is 12.6 Å². The molecule has 1 aliphatic rings. The maximum Gasteiger partial charge on any atom is 0.309 e. The molecule has 1 aliphatic carbocycles. The molecular weight excluding hydrogens is 462 g/mol. The summed E-state index contributed by atoms with van der Waals surface area (Å²) in [7, 11) is -1.97. The number of carboxylic acid groups (broad SMARTS) is 1. The van der Waals surface area contributed by atoms with Crippen LogP contribution < -0.4 is 5.32 Å². The first-order valence-corrected chi connectivity index (χ1v) is 16.2. The van der Waals surface area contributed by atoms with Crippen molar-refractivity contribution in [3.8, 4) is 0 Å². The van der Waals surface area contributed by atoms with Crippen molar-refractivity contribution in [2.45, 2.75) is 136 Å². The first kappa shape index (κ1) is 31.6. The Morgan fingerprint density at radius 1 is 1.03 bits per heavy atom. The summed E-state index contributed by atoms with van der Waals surface area (Å²) in [6, 6.07) is -0.506. The molecule has 7 nitrogen and oxygen atoms in total. The van der Waals surface area contributed by atoms with Crippen LogP contribution in [-0.2, 0) is 23.5 Å². The molecule has 0 radical (unpaired) electrons. The summed E-state index contributed by atoms with van der Waals surface area (Å²) in [5.41, 5.74) is -1.24. The van der Waals surface area contributed by atoms with Crippen LogP contribution >= 0.6 is 0 Å². The molecule has 0 saturated heterocycles. The number of carbonyl (C=O) groups is 3. The summed E-state index contributed by atoms with van der Waals surface area (Å²) in [5.74, 6) is -1.66. The minimum Gasteiger partial charge on any atom is -0.481 e. The van der Waals surface area contributed by atoms with Gasteiger partial charge in [0.1, 0.15) is 5.60 Å². The number of nitrogens with one attached hydrogen (secondary N) is 1. The van der Waals surface area contributed by atoms with E-state index in [0.29, 0.717) is 38.7 Å². The number of esters is 1. The Balaban J connectivity index is 2.98. The van der Waals surface area contributed by atoms with Gasteiger partial charge in [-0.2, -0.15) is 0 Å². The largest absolute Gasteiger partial charge is 0.481 e. The number of amides is 1. The number of hydrogen-bond donors (Lipinski definition) is 2. The number of hydrogen-bond acceptors (Lipinski definition) is 5. The van der Waals surface area contributed by atoms with Crippen LogP contribution in [0, 0.1) is 11.3 Å². The number of ether oxygens (including phenoxy) is 1. The minimum atomic E-state index is -1.97. The molecule has 8 heteroatoms. The molecule has 0 aromatic heterocycles. The Morgan fingerprint density at radius 3 is 2.06 bits per heavy atom. The van der Waals surface area contributed by atoms with Crippen LogP contribution in [0.2, 0.25) is 18.1 Å². The monoisotopic (exact) mass is 513 g/mol. The zero-order valence-corrected chi connectivity index (χ0v) is 24.7. The van der Waals surface area contributed by atoms with Gasteiger partial charge in [0.05, 0.1) is 17.8 Å². The fourth-order valence-corrected chi connectivity index (χ4v) is 5.59. The van der Waals surface area contributed by atoms with Crippen LogP contribution in [0.3, 0.4) is 0 Å². The van der Waals surface area contributed by atoms with Crippen molar-refractivity contribution in [3.63, 3.8) is 0 Å². The SMILES string of the molecule is CCC[C@@H](CC1(C(=O)N[C@@H](CCO[Si](C)(C)C(C)(C)C)CC(=O)O)CCCC1)C(=O)OC(C)(C)C. The predicted octanol–water partition coefficient (Wildman–Crippen LogP) is 6.07. The smallest absolute Gasteiger partial charge is 0.309 e. The number of carbonyl (C=O) groups excluding carboxylic acids is 2. The summed E-state index contributed by atoms with van der Waals surface area (Å²) < 4.78 is 11.9. The lowest BCUT2D eigenvalue weighted by molar-refractivity contribution is -0.162. The van der Waals surface area contributed by atoms with Gasteiger partial charge < -0.3 is 19.6 Å². The lowest BCUT2D eigenvalue weighted by Crippen LogP contribution is -2.48. The van der Waals surface area contributed by atoms with E-state index in [2.05, 4.69) is 39.2 Å². The average molecular weight is 514 g/mol. The number of rotatable bonds is 13. The second kappa shape index (κ2) is 12.7. The van der Waals surface area contributed by atoms with Crippen LogP contribution in [0.25, 0.3) is 0 Å². The van der Waals surface area contributed by atoms with E-state index in [9.17, 15) is 19.5 Å². The van der Waals surface area contributed by atoms with Crippen LogP contribution in [0.1, 0.15) is 106 Å². The van der Waals surface area contributed by atoms with E-state index in [0.717, 1.165) is 19.3 Å². The molecule has 0 aromatic carbocycles. The quantitative estimate of drug-likeness (QED) is 0.229. The van der Waals surface area contributed by atoms with Gasteiger partial charge in [0.15, 0.2) is 8.32 Å². The molecule has 35 heavy (non-hydrogen) atoms. The van der Waals surface area contributed by atoms with E-state index in [-0.39, 0.29) is 29.3 Å². The summed E-state index contributed by atoms with van der Waals surface area (Å²) in [6.45, 7) is 18.8. The average Bonchev–Trinajstić information content (AvgIpc) is 3.14. The first-order valence-electron chi connectivity index (χ1n) is 13.3. The topological polar surface area (TPSA) is 102 Å². The fraction of sp³-hybridized carbons (Fsp3) is 0.889. The third-order valence-corrected chi connectivity index (χ3v) is 12.1. The standard InChI is InChI=1S/C27H51NO6Si/c1-10-13-20(23(31)34-25(2,3)4)19-27(15-11-12-16-27)24(32)28-21(18-22(29)30)14-17-33-35(8,9)26(5,6)7/h20-21H,10-19H2,1-9H3,(H,28,32)(H,29,30)/t20-,21-/m0/s1. The van der Waals surface area contributed by atoms with Crippen molar-refractivity contribution in [1.82, 2.24) is 5.32 Å². The molecule has 1 rings (SSSR count). The zero-order chi connectivity index (χ0) is 27.1. The van der Waals surface area contributed by atoms with Gasteiger partial charge in [0.2, 0.25) is 5.91 Å². The lowest BCUT2D eigenvalue weighted by Gasteiger charge is -2.37. The third-order valence-electron chi connectivity index (χ3n) is 7.55. The molecule has 0 unspecified atom stereocenters. The van der Waals surface area contributed by atoms with Gasteiger partial charge in [-0.1, -0.05) is 47.0 Å². The number of carboxylic acids is 1. The van der Waals surface area contributed by atoms with Gasteiger partial charge >= 0.3 is 11.9 Å². The van der Waals surface area contributed by atoms with E-state index in [4.69, 9.17) is 9.16 Å². The van der Waals surface area contributed by atoms with Crippen LogP contribution in [-0.4, -0.2) is 49.5 Å². The highest BCUT2D eigenvalue weighted by Crippen LogP contribution is 2.45.